The summed E-state index contributed by atoms with van der Waals surface area (Å²) in [6.07, 6.45) is 5.48. The predicted octanol–water partition coefficient (Wildman–Crippen LogP) is 0.588. The zero-order chi connectivity index (χ0) is 15.7. The number of hydrogen-bond acceptors (Lipinski definition) is 5. The summed E-state index contributed by atoms with van der Waals surface area (Å²) in [5, 5.41) is 13.6. The molecule has 3 aromatic heterocycles. The van der Waals surface area contributed by atoms with Crippen LogP contribution in [0.1, 0.15) is 17.8 Å². The maximum absolute atomic E-state index is 11.3. The first-order chi connectivity index (χ1) is 10.4. The molecule has 0 aliphatic carbocycles. The van der Waals surface area contributed by atoms with Gasteiger partial charge in [0.2, 0.25) is 0 Å². The van der Waals surface area contributed by atoms with Crippen LogP contribution in [-0.2, 0) is 17.4 Å². The minimum absolute atomic E-state index is 0.232. The molecule has 22 heavy (non-hydrogen) atoms. The van der Waals surface area contributed by atoms with Crippen molar-refractivity contribution >= 4 is 34.6 Å². The van der Waals surface area contributed by atoms with E-state index in [4.69, 9.17) is 0 Å². The number of aromatic amines is 1. The van der Waals surface area contributed by atoms with Gasteiger partial charge in [0, 0.05) is 23.3 Å². The fourth-order valence-electron chi connectivity index (χ4n) is 2.10. The summed E-state index contributed by atoms with van der Waals surface area (Å²) in [5.74, 6) is 0.726. The molecule has 3 rings (SSSR count). The molecule has 3 heterocycles. The van der Waals surface area contributed by atoms with Crippen molar-refractivity contribution in [2.24, 2.45) is 0 Å². The van der Waals surface area contributed by atoms with E-state index in [1.807, 2.05) is 6.20 Å². The summed E-state index contributed by atoms with van der Waals surface area (Å²) < 4.78 is 13.7. The largest absolute Gasteiger partial charge is 0.376 e. The van der Waals surface area contributed by atoms with Crippen molar-refractivity contribution in [3.63, 3.8) is 0 Å². The quantitative estimate of drug-likeness (QED) is 0.547. The molecule has 0 saturated carbocycles. The maximum Gasteiger partial charge on any atom is 0.376 e. The van der Waals surface area contributed by atoms with Gasteiger partial charge in [-0.3, -0.25) is 4.57 Å². The van der Waals surface area contributed by atoms with Crippen LogP contribution in [0, 0.1) is 0 Å². The van der Waals surface area contributed by atoms with Gasteiger partial charge in [0.05, 0.1) is 0 Å². The Bertz CT molecular complexity index is 843. The molecule has 0 aliphatic rings. The van der Waals surface area contributed by atoms with Crippen molar-refractivity contribution in [1.82, 2.24) is 30.0 Å². The average Bonchev–Trinajstić information content (AvgIpc) is 3.07. The highest BCUT2D eigenvalue weighted by atomic mass is 79.9. The van der Waals surface area contributed by atoms with Crippen LogP contribution in [0.2, 0.25) is 0 Å². The van der Waals surface area contributed by atoms with Crippen LogP contribution in [0.4, 0.5) is 0 Å². The molecule has 11 heteroatoms. The molecule has 0 radical (unpaired) electrons. The molecule has 3 aromatic rings. The smallest absolute Gasteiger partial charge is 0.320 e. The predicted molar refractivity (Wildman–Crippen MR) is 80.8 cm³/mol. The third-order valence-corrected chi connectivity index (χ3v) is 4.70. The van der Waals surface area contributed by atoms with Gasteiger partial charge >= 0.3 is 7.60 Å². The number of nitrogens with one attached hydrogen (secondary N) is 1. The van der Waals surface area contributed by atoms with Gasteiger partial charge in [-0.2, -0.15) is 0 Å². The minimum atomic E-state index is -4.35. The van der Waals surface area contributed by atoms with E-state index in [1.54, 1.807) is 10.5 Å². The lowest BCUT2D eigenvalue weighted by Gasteiger charge is -2.05. The van der Waals surface area contributed by atoms with Crippen LogP contribution in [-0.4, -0.2) is 39.8 Å². The van der Waals surface area contributed by atoms with E-state index < -0.39 is 7.60 Å². The number of aromatic nitrogens is 6. The number of imidazole rings is 1. The van der Waals surface area contributed by atoms with Crippen molar-refractivity contribution in [3.05, 3.63) is 34.3 Å². The highest BCUT2D eigenvalue weighted by molar-refractivity contribution is 9.10. The first-order valence-electron chi connectivity index (χ1n) is 6.39. The number of fused-ring (bicyclic) bond motifs is 1. The van der Waals surface area contributed by atoms with Gasteiger partial charge in [-0.15, -0.1) is 5.10 Å². The van der Waals surface area contributed by atoms with Gasteiger partial charge in [-0.1, -0.05) is 15.9 Å². The van der Waals surface area contributed by atoms with Crippen molar-refractivity contribution < 1.29 is 14.4 Å². The second kappa shape index (κ2) is 5.88. The van der Waals surface area contributed by atoms with E-state index in [-0.39, 0.29) is 5.44 Å². The normalized spacial score (nSPS) is 12.1. The summed E-state index contributed by atoms with van der Waals surface area (Å²) in [7, 11) is -4.35. The highest BCUT2D eigenvalue weighted by Gasteiger charge is 2.21. The van der Waals surface area contributed by atoms with Crippen LogP contribution >= 0.6 is 23.5 Å². The molecule has 0 saturated heterocycles. The van der Waals surface area contributed by atoms with E-state index in [1.165, 1.54) is 6.20 Å². The SMILES string of the molecule is O=P(O)(O)c1cn2cc(CCCc3nnn[nH]3)c(Br)cc2n1. The van der Waals surface area contributed by atoms with Gasteiger partial charge in [0.1, 0.15) is 11.5 Å². The number of halogens is 1. The number of nitrogens with zero attached hydrogens (tertiary/aromatic N) is 5. The number of rotatable bonds is 5. The first kappa shape index (κ1) is 15.3. The monoisotopic (exact) mass is 386 g/mol. The summed E-state index contributed by atoms with van der Waals surface area (Å²) in [4.78, 5) is 22.3. The number of H-pyrrole nitrogens is 1. The van der Waals surface area contributed by atoms with Crippen LogP contribution in [0.25, 0.3) is 5.65 Å². The number of tetrazole rings is 1. The van der Waals surface area contributed by atoms with Gasteiger partial charge < -0.3 is 14.2 Å². The molecule has 0 aliphatic heterocycles. The van der Waals surface area contributed by atoms with E-state index in [9.17, 15) is 14.4 Å². The third-order valence-electron chi connectivity index (χ3n) is 3.15. The number of hydrogen-bond donors (Lipinski definition) is 3. The Kier molecular flexibility index (Phi) is 4.09. The molecular formula is C11H12BrN6O3P. The maximum atomic E-state index is 11.3. The van der Waals surface area contributed by atoms with Gasteiger partial charge in [-0.25, -0.2) is 10.1 Å². The number of pyridine rings is 1. The average molecular weight is 387 g/mol. The summed E-state index contributed by atoms with van der Waals surface area (Å²) in [6, 6.07) is 1.74. The van der Waals surface area contributed by atoms with E-state index >= 15 is 0 Å². The van der Waals surface area contributed by atoms with Crippen LogP contribution in [0.5, 0.6) is 0 Å². The molecule has 0 unspecified atom stereocenters. The molecule has 9 nitrogen and oxygen atoms in total. The van der Waals surface area contributed by atoms with Crippen LogP contribution < -0.4 is 5.44 Å². The van der Waals surface area contributed by atoms with Crippen molar-refractivity contribution in [1.29, 1.82) is 0 Å². The minimum Gasteiger partial charge on any atom is -0.320 e. The molecular weight excluding hydrogens is 375 g/mol. The highest BCUT2D eigenvalue weighted by Crippen LogP contribution is 2.32. The molecule has 3 N–H and O–H groups in total. The van der Waals surface area contributed by atoms with Gasteiger partial charge in [0.25, 0.3) is 0 Å². The molecule has 0 amide bonds. The van der Waals surface area contributed by atoms with E-state index in [0.29, 0.717) is 5.65 Å². The second-order valence-electron chi connectivity index (χ2n) is 4.76. The molecule has 0 aromatic carbocycles. The molecule has 0 spiro atoms. The fraction of sp³-hybridized carbons (Fsp3) is 0.273. The Balaban J connectivity index is 1.80. The Hall–Kier alpha value is -1.61. The van der Waals surface area contributed by atoms with Crippen molar-refractivity contribution in [2.45, 2.75) is 19.3 Å². The van der Waals surface area contributed by atoms with E-state index in [0.717, 1.165) is 35.1 Å². The second-order valence-corrected chi connectivity index (χ2v) is 7.16. The van der Waals surface area contributed by atoms with Crippen LogP contribution in [0.3, 0.4) is 0 Å². The standard InChI is InChI=1S/C11H12BrN6O3P/c12-8-4-10-13-11(22(19,20)21)6-18(10)5-7(8)2-1-3-9-14-16-17-15-9/h4-6H,1-3H2,(H2,19,20,21)(H,14,15,16,17). The third kappa shape index (κ3) is 3.25. The van der Waals surface area contributed by atoms with Gasteiger partial charge in [0.15, 0.2) is 5.44 Å². The lowest BCUT2D eigenvalue weighted by molar-refractivity contribution is 0.386. The summed E-state index contributed by atoms with van der Waals surface area (Å²) >= 11 is 3.46. The molecule has 0 atom stereocenters. The zero-order valence-corrected chi connectivity index (χ0v) is 13.7. The summed E-state index contributed by atoms with van der Waals surface area (Å²) in [5.41, 5.74) is 1.26. The summed E-state index contributed by atoms with van der Waals surface area (Å²) in [6.45, 7) is 0. The first-order valence-corrected chi connectivity index (χ1v) is 8.80. The Labute approximate surface area is 133 Å². The fourth-order valence-corrected chi connectivity index (χ4v) is 3.11. The van der Waals surface area contributed by atoms with E-state index in [2.05, 4.69) is 41.5 Å². The Morgan fingerprint density at radius 1 is 1.32 bits per heavy atom. The lowest BCUT2D eigenvalue weighted by atomic mass is 10.1. The Morgan fingerprint density at radius 2 is 2.14 bits per heavy atom. The molecule has 0 bridgehead atoms. The van der Waals surface area contributed by atoms with Gasteiger partial charge in [-0.05, 0) is 34.9 Å². The number of aryl methyl sites for hydroxylation is 2. The molecule has 0 fully saturated rings. The topological polar surface area (TPSA) is 129 Å². The zero-order valence-electron chi connectivity index (χ0n) is 11.2. The van der Waals surface area contributed by atoms with Crippen molar-refractivity contribution in [3.8, 4) is 0 Å². The Morgan fingerprint density at radius 3 is 2.82 bits per heavy atom. The van der Waals surface area contributed by atoms with Crippen molar-refractivity contribution in [2.75, 3.05) is 0 Å². The lowest BCUT2D eigenvalue weighted by Crippen LogP contribution is -2.03. The molecule has 116 valence electrons. The van der Waals surface area contributed by atoms with Crippen LogP contribution in [0.15, 0.2) is 22.9 Å².